The summed E-state index contributed by atoms with van der Waals surface area (Å²) in [6, 6.07) is 6.31. The molecular formula is C17H25N3O3. The van der Waals surface area contributed by atoms with Crippen LogP contribution in [0.4, 0.5) is 5.69 Å². The lowest BCUT2D eigenvalue weighted by atomic mass is 10.1. The molecule has 1 aromatic carbocycles. The minimum Gasteiger partial charge on any atom is -0.355 e. The van der Waals surface area contributed by atoms with Gasteiger partial charge < -0.3 is 10.6 Å². The predicted octanol–water partition coefficient (Wildman–Crippen LogP) is 1.67. The molecule has 2 amide bonds. The molecule has 1 atom stereocenters. The van der Waals surface area contributed by atoms with E-state index in [9.17, 15) is 14.4 Å². The van der Waals surface area contributed by atoms with Gasteiger partial charge in [-0.1, -0.05) is 6.92 Å². The van der Waals surface area contributed by atoms with E-state index in [2.05, 4.69) is 10.6 Å². The first-order valence-corrected chi connectivity index (χ1v) is 7.81. The molecule has 0 aliphatic carbocycles. The van der Waals surface area contributed by atoms with Crippen molar-refractivity contribution >= 4 is 23.3 Å². The number of amides is 2. The molecule has 0 aliphatic rings. The van der Waals surface area contributed by atoms with Gasteiger partial charge in [-0.25, -0.2) is 0 Å². The van der Waals surface area contributed by atoms with Crippen molar-refractivity contribution in [2.24, 2.45) is 0 Å². The molecule has 23 heavy (non-hydrogen) atoms. The fraction of sp³-hybridized carbons (Fsp3) is 0.471. The molecular weight excluding hydrogens is 294 g/mol. The summed E-state index contributed by atoms with van der Waals surface area (Å²) in [7, 11) is 0. The molecule has 1 aromatic rings. The van der Waals surface area contributed by atoms with E-state index in [1.165, 1.54) is 6.92 Å². The second kappa shape index (κ2) is 9.05. The van der Waals surface area contributed by atoms with Crippen molar-refractivity contribution < 1.29 is 14.4 Å². The van der Waals surface area contributed by atoms with Crippen LogP contribution in [0.15, 0.2) is 24.3 Å². The molecule has 0 heterocycles. The second-order valence-electron chi connectivity index (χ2n) is 5.32. The number of rotatable bonds is 8. The third-order valence-corrected chi connectivity index (χ3v) is 3.61. The lowest BCUT2D eigenvalue weighted by molar-refractivity contribution is -0.125. The van der Waals surface area contributed by atoms with E-state index in [0.29, 0.717) is 24.3 Å². The fourth-order valence-electron chi connectivity index (χ4n) is 2.16. The van der Waals surface area contributed by atoms with Gasteiger partial charge in [0.25, 0.3) is 0 Å². The van der Waals surface area contributed by atoms with Crippen molar-refractivity contribution in [1.29, 1.82) is 0 Å². The highest BCUT2D eigenvalue weighted by atomic mass is 16.2. The molecule has 0 saturated heterocycles. The molecule has 0 aromatic heterocycles. The normalized spacial score (nSPS) is 11.9. The van der Waals surface area contributed by atoms with Crippen LogP contribution < -0.4 is 10.6 Å². The number of Topliss-reactive ketones (excluding diaryl/α,β-unsaturated/α-hetero) is 1. The van der Waals surface area contributed by atoms with Crippen LogP contribution in [0.1, 0.15) is 38.1 Å². The lowest BCUT2D eigenvalue weighted by Gasteiger charge is -2.26. The number of nitrogens with zero attached hydrogens (tertiary/aromatic N) is 1. The average Bonchev–Trinajstić information content (AvgIpc) is 2.52. The summed E-state index contributed by atoms with van der Waals surface area (Å²) in [5, 5.41) is 5.53. The third kappa shape index (κ3) is 5.83. The quantitative estimate of drug-likeness (QED) is 0.715. The number of ketones is 1. The van der Waals surface area contributed by atoms with E-state index in [4.69, 9.17) is 0 Å². The van der Waals surface area contributed by atoms with Crippen molar-refractivity contribution in [3.63, 3.8) is 0 Å². The van der Waals surface area contributed by atoms with Gasteiger partial charge in [-0.3, -0.25) is 19.3 Å². The Morgan fingerprint density at radius 3 is 2.22 bits per heavy atom. The average molecular weight is 319 g/mol. The Morgan fingerprint density at radius 2 is 1.74 bits per heavy atom. The molecule has 0 bridgehead atoms. The van der Waals surface area contributed by atoms with E-state index < -0.39 is 6.04 Å². The predicted molar refractivity (Wildman–Crippen MR) is 90.5 cm³/mol. The number of carbonyl (C=O) groups excluding carboxylic acids is 3. The van der Waals surface area contributed by atoms with E-state index >= 15 is 0 Å². The summed E-state index contributed by atoms with van der Waals surface area (Å²) in [5.41, 5.74) is 1.23. The van der Waals surface area contributed by atoms with Crippen LogP contribution in [0.25, 0.3) is 0 Å². The van der Waals surface area contributed by atoms with Gasteiger partial charge >= 0.3 is 0 Å². The first-order valence-electron chi connectivity index (χ1n) is 7.81. The number of anilines is 1. The zero-order chi connectivity index (χ0) is 17.4. The largest absolute Gasteiger partial charge is 0.355 e. The highest BCUT2D eigenvalue weighted by Crippen LogP contribution is 2.11. The number of hydrogen-bond donors (Lipinski definition) is 2. The Balaban J connectivity index is 2.67. The maximum absolute atomic E-state index is 12.3. The minimum atomic E-state index is -0.435. The summed E-state index contributed by atoms with van der Waals surface area (Å²) in [4.78, 5) is 37.0. The smallest absolute Gasteiger partial charge is 0.241 e. The second-order valence-corrected chi connectivity index (χ2v) is 5.32. The van der Waals surface area contributed by atoms with Crippen LogP contribution in [0.2, 0.25) is 0 Å². The van der Waals surface area contributed by atoms with E-state index in [1.54, 1.807) is 36.1 Å². The molecule has 0 fully saturated rings. The van der Waals surface area contributed by atoms with Crippen molar-refractivity contribution in [2.75, 3.05) is 25.0 Å². The van der Waals surface area contributed by atoms with Gasteiger partial charge in [0.15, 0.2) is 5.78 Å². The molecule has 0 saturated carbocycles. The van der Waals surface area contributed by atoms with Crippen LogP contribution in [0.5, 0.6) is 0 Å². The molecule has 6 heteroatoms. The Morgan fingerprint density at radius 1 is 1.13 bits per heavy atom. The SMILES string of the molecule is CCNC(=O)CN(CC)[C@@H](C)C(=O)Nc1ccc(C(C)=O)cc1. The highest BCUT2D eigenvalue weighted by molar-refractivity contribution is 5.97. The topological polar surface area (TPSA) is 78.5 Å². The molecule has 0 spiro atoms. The van der Waals surface area contributed by atoms with Crippen molar-refractivity contribution in [3.05, 3.63) is 29.8 Å². The van der Waals surface area contributed by atoms with Crippen molar-refractivity contribution in [2.45, 2.75) is 33.7 Å². The molecule has 126 valence electrons. The minimum absolute atomic E-state index is 0.0182. The van der Waals surface area contributed by atoms with Crippen LogP contribution >= 0.6 is 0 Å². The van der Waals surface area contributed by atoms with Crippen LogP contribution in [0.3, 0.4) is 0 Å². The number of hydrogen-bond acceptors (Lipinski definition) is 4. The molecule has 1 rings (SSSR count). The van der Waals surface area contributed by atoms with Crippen LogP contribution in [-0.4, -0.2) is 48.2 Å². The van der Waals surface area contributed by atoms with Gasteiger partial charge in [-0.15, -0.1) is 0 Å². The summed E-state index contributed by atoms with van der Waals surface area (Å²) in [5.74, 6) is -0.304. The fourth-order valence-corrected chi connectivity index (χ4v) is 2.16. The zero-order valence-corrected chi connectivity index (χ0v) is 14.2. The molecule has 2 N–H and O–H groups in total. The number of nitrogens with one attached hydrogen (secondary N) is 2. The number of carbonyl (C=O) groups is 3. The Hall–Kier alpha value is -2.21. The summed E-state index contributed by atoms with van der Waals surface area (Å²) in [6.45, 7) is 8.37. The first-order chi connectivity index (χ1) is 10.9. The van der Waals surface area contributed by atoms with Crippen LogP contribution in [-0.2, 0) is 9.59 Å². The van der Waals surface area contributed by atoms with E-state index in [-0.39, 0.29) is 24.1 Å². The summed E-state index contributed by atoms with van der Waals surface area (Å²) < 4.78 is 0. The van der Waals surface area contributed by atoms with Crippen LogP contribution in [0, 0.1) is 0 Å². The molecule has 0 radical (unpaired) electrons. The lowest BCUT2D eigenvalue weighted by Crippen LogP contribution is -2.46. The number of benzene rings is 1. The first kappa shape index (κ1) is 18.8. The third-order valence-electron chi connectivity index (χ3n) is 3.61. The maximum Gasteiger partial charge on any atom is 0.241 e. The van der Waals surface area contributed by atoms with Gasteiger partial charge in [-0.05, 0) is 51.6 Å². The summed E-state index contributed by atoms with van der Waals surface area (Å²) in [6.07, 6.45) is 0. The monoisotopic (exact) mass is 319 g/mol. The van der Waals surface area contributed by atoms with Gasteiger partial charge in [0.2, 0.25) is 11.8 Å². The van der Waals surface area contributed by atoms with Crippen molar-refractivity contribution in [1.82, 2.24) is 10.2 Å². The Bertz CT molecular complexity index is 555. The zero-order valence-electron chi connectivity index (χ0n) is 14.2. The van der Waals surface area contributed by atoms with Gasteiger partial charge in [-0.2, -0.15) is 0 Å². The Labute approximate surface area is 137 Å². The van der Waals surface area contributed by atoms with Gasteiger partial charge in [0, 0.05) is 17.8 Å². The van der Waals surface area contributed by atoms with Crippen molar-refractivity contribution in [3.8, 4) is 0 Å². The molecule has 0 unspecified atom stereocenters. The summed E-state index contributed by atoms with van der Waals surface area (Å²) >= 11 is 0. The maximum atomic E-state index is 12.3. The molecule has 0 aliphatic heterocycles. The highest BCUT2D eigenvalue weighted by Gasteiger charge is 2.22. The molecule has 6 nitrogen and oxygen atoms in total. The van der Waals surface area contributed by atoms with Gasteiger partial charge in [0.05, 0.1) is 12.6 Å². The van der Waals surface area contributed by atoms with E-state index in [0.717, 1.165) is 0 Å². The Kier molecular flexibility index (Phi) is 7.41. The van der Waals surface area contributed by atoms with Gasteiger partial charge in [0.1, 0.15) is 0 Å². The standard InChI is InChI=1S/C17H25N3O3/c1-5-18-16(22)11-20(6-2)12(3)17(23)19-15-9-7-14(8-10-15)13(4)21/h7-10,12H,5-6,11H2,1-4H3,(H,18,22)(H,19,23)/t12-/m0/s1. The van der Waals surface area contributed by atoms with E-state index in [1.807, 2.05) is 13.8 Å². The number of likely N-dealkylation sites (N-methyl/N-ethyl adjacent to an activating group) is 2.